The molecule has 3 aromatic carbocycles. The zero-order valence-corrected chi connectivity index (χ0v) is 26.5. The third-order valence-electron chi connectivity index (χ3n) is 6.73. The number of hydrogen-bond donors (Lipinski definition) is 1. The molecule has 0 heterocycles. The molecule has 0 aliphatic carbocycles. The van der Waals surface area contributed by atoms with E-state index in [0.717, 1.165) is 16.1 Å². The summed E-state index contributed by atoms with van der Waals surface area (Å²) in [7, 11) is -3.91. The van der Waals surface area contributed by atoms with Crippen LogP contribution >= 0.6 is 34.8 Å². The van der Waals surface area contributed by atoms with Gasteiger partial charge >= 0.3 is 0 Å². The van der Waals surface area contributed by atoms with Gasteiger partial charge in [0.1, 0.15) is 12.6 Å². The average Bonchev–Trinajstić information content (AvgIpc) is 2.92. The van der Waals surface area contributed by atoms with Crippen molar-refractivity contribution in [2.24, 2.45) is 0 Å². The van der Waals surface area contributed by atoms with E-state index in [2.05, 4.69) is 5.32 Å². The Kier molecular flexibility index (Phi) is 11.5. The zero-order valence-electron chi connectivity index (χ0n) is 23.4. The molecule has 3 rings (SSSR count). The van der Waals surface area contributed by atoms with Crippen molar-refractivity contribution in [3.63, 3.8) is 0 Å². The molecule has 11 heteroatoms. The van der Waals surface area contributed by atoms with Crippen LogP contribution in [0, 0.1) is 6.92 Å². The number of nitrogens with zero attached hydrogens (tertiary/aromatic N) is 2. The minimum absolute atomic E-state index is 0.00667. The lowest BCUT2D eigenvalue weighted by atomic mass is 10.0. The molecule has 0 unspecified atom stereocenters. The highest BCUT2D eigenvalue weighted by molar-refractivity contribution is 7.92. The molecule has 0 bridgehead atoms. The van der Waals surface area contributed by atoms with Crippen LogP contribution in [-0.2, 0) is 32.6 Å². The minimum Gasteiger partial charge on any atom is -0.352 e. The number of hydrogen-bond acceptors (Lipinski definition) is 4. The second-order valence-electron chi connectivity index (χ2n) is 9.99. The Labute approximate surface area is 257 Å². The fourth-order valence-electron chi connectivity index (χ4n) is 4.28. The maximum atomic E-state index is 14.2. The average molecular weight is 639 g/mol. The number of benzene rings is 3. The molecular weight excluding hydrogens is 605 g/mol. The van der Waals surface area contributed by atoms with E-state index in [1.165, 1.54) is 11.0 Å². The second-order valence-corrected chi connectivity index (χ2v) is 13.2. The van der Waals surface area contributed by atoms with Gasteiger partial charge in [-0.25, -0.2) is 8.42 Å². The summed E-state index contributed by atoms with van der Waals surface area (Å²) in [5, 5.41) is 3.97. The fourth-order valence-corrected chi connectivity index (χ4v) is 5.66. The van der Waals surface area contributed by atoms with Crippen molar-refractivity contribution in [2.45, 2.75) is 52.2 Å². The molecule has 0 aliphatic rings. The predicted molar refractivity (Wildman–Crippen MR) is 167 cm³/mol. The highest BCUT2D eigenvalue weighted by Crippen LogP contribution is 2.28. The summed E-state index contributed by atoms with van der Waals surface area (Å²) in [4.78, 5) is 29.3. The molecule has 41 heavy (non-hydrogen) atoms. The lowest BCUT2D eigenvalue weighted by Crippen LogP contribution is -2.54. The summed E-state index contributed by atoms with van der Waals surface area (Å²) in [6.45, 7) is 5.03. The third kappa shape index (κ3) is 9.10. The molecule has 7 nitrogen and oxygen atoms in total. The van der Waals surface area contributed by atoms with Gasteiger partial charge < -0.3 is 10.2 Å². The quantitative estimate of drug-likeness (QED) is 0.253. The molecule has 0 fully saturated rings. The van der Waals surface area contributed by atoms with Crippen LogP contribution in [0.5, 0.6) is 0 Å². The molecule has 0 saturated carbocycles. The monoisotopic (exact) mass is 637 g/mol. The maximum Gasteiger partial charge on any atom is 0.244 e. The number of aryl methyl sites for hydroxylation is 1. The van der Waals surface area contributed by atoms with Crippen LogP contribution in [0.1, 0.15) is 37.0 Å². The first-order valence-corrected chi connectivity index (χ1v) is 16.1. The standard InChI is InChI=1S/C30H34Cl3N3O4S/c1-5-21(3)34-30(38)28(16-22-9-7-6-8-10-22)35(18-23-12-14-25(32)26(33)15-23)29(37)19-36(41(4,39)40)27-17-24(31)13-11-20(27)2/h6-15,17,21,28H,5,16,18-19H2,1-4H3,(H,34,38)/t21-,28+/m0/s1. The van der Waals surface area contributed by atoms with Gasteiger partial charge in [0.2, 0.25) is 21.8 Å². The Hall–Kier alpha value is -2.78. The molecular formula is C30H34Cl3N3O4S. The molecule has 220 valence electrons. The smallest absolute Gasteiger partial charge is 0.244 e. The normalized spacial score (nSPS) is 12.9. The molecule has 0 aromatic heterocycles. The Morgan fingerprint density at radius 1 is 0.927 bits per heavy atom. The van der Waals surface area contributed by atoms with Gasteiger partial charge in [0.15, 0.2) is 0 Å². The Morgan fingerprint density at radius 2 is 1.61 bits per heavy atom. The highest BCUT2D eigenvalue weighted by Gasteiger charge is 2.34. The van der Waals surface area contributed by atoms with Gasteiger partial charge in [0, 0.05) is 24.0 Å². The molecule has 0 saturated heterocycles. The van der Waals surface area contributed by atoms with Crippen molar-refractivity contribution in [1.82, 2.24) is 10.2 Å². The summed E-state index contributed by atoms with van der Waals surface area (Å²) in [5.41, 5.74) is 2.38. The molecule has 2 atom stereocenters. The Morgan fingerprint density at radius 3 is 2.22 bits per heavy atom. The number of anilines is 1. The number of rotatable bonds is 12. The van der Waals surface area contributed by atoms with Gasteiger partial charge in [-0.15, -0.1) is 0 Å². The van der Waals surface area contributed by atoms with Crippen molar-refractivity contribution in [2.75, 3.05) is 17.1 Å². The van der Waals surface area contributed by atoms with Crippen molar-refractivity contribution in [3.05, 3.63) is 98.5 Å². The lowest BCUT2D eigenvalue weighted by Gasteiger charge is -2.34. The van der Waals surface area contributed by atoms with Gasteiger partial charge in [-0.05, 0) is 61.2 Å². The summed E-state index contributed by atoms with van der Waals surface area (Å²) in [6, 6.07) is 18.1. The topological polar surface area (TPSA) is 86.8 Å². The van der Waals surface area contributed by atoms with Crippen LogP contribution in [0.3, 0.4) is 0 Å². The number of amides is 2. The van der Waals surface area contributed by atoms with E-state index < -0.39 is 28.5 Å². The van der Waals surface area contributed by atoms with Crippen molar-refractivity contribution < 1.29 is 18.0 Å². The van der Waals surface area contributed by atoms with Crippen LogP contribution in [0.15, 0.2) is 66.7 Å². The largest absolute Gasteiger partial charge is 0.352 e. The molecule has 0 spiro atoms. The summed E-state index contributed by atoms with van der Waals surface area (Å²) < 4.78 is 27.0. The van der Waals surface area contributed by atoms with Crippen LogP contribution in [-0.4, -0.2) is 50.0 Å². The van der Waals surface area contributed by atoms with E-state index in [1.807, 2.05) is 44.2 Å². The number of halogens is 3. The SMILES string of the molecule is CC[C@H](C)NC(=O)[C@@H](Cc1ccccc1)N(Cc1ccc(Cl)c(Cl)c1)C(=O)CN(c1cc(Cl)ccc1C)S(C)(=O)=O. The Balaban J connectivity index is 2.11. The molecule has 3 aromatic rings. The number of nitrogens with one attached hydrogen (secondary N) is 1. The number of sulfonamides is 1. The predicted octanol–water partition coefficient (Wildman–Crippen LogP) is 6.28. The summed E-state index contributed by atoms with van der Waals surface area (Å²) in [5.74, 6) is -0.914. The summed E-state index contributed by atoms with van der Waals surface area (Å²) in [6.07, 6.45) is 1.94. The minimum atomic E-state index is -3.91. The third-order valence-corrected chi connectivity index (χ3v) is 8.83. The molecule has 0 aliphatic heterocycles. The van der Waals surface area contributed by atoms with Gasteiger partial charge in [-0.2, -0.15) is 0 Å². The fraction of sp³-hybridized carbons (Fsp3) is 0.333. The van der Waals surface area contributed by atoms with E-state index in [4.69, 9.17) is 34.8 Å². The molecule has 0 radical (unpaired) electrons. The van der Waals surface area contributed by atoms with Crippen LogP contribution in [0.25, 0.3) is 0 Å². The summed E-state index contributed by atoms with van der Waals surface area (Å²) >= 11 is 18.6. The Bertz CT molecular complexity index is 1490. The van der Waals surface area contributed by atoms with Crippen molar-refractivity contribution in [1.29, 1.82) is 0 Å². The van der Waals surface area contributed by atoms with Crippen LogP contribution < -0.4 is 9.62 Å². The maximum absolute atomic E-state index is 14.2. The van der Waals surface area contributed by atoms with Crippen molar-refractivity contribution in [3.8, 4) is 0 Å². The first-order chi connectivity index (χ1) is 19.3. The molecule has 1 N–H and O–H groups in total. The van der Waals surface area contributed by atoms with Gasteiger partial charge in [0.25, 0.3) is 0 Å². The van der Waals surface area contributed by atoms with E-state index in [1.54, 1.807) is 37.3 Å². The first kappa shape index (κ1) is 32.7. The number of carbonyl (C=O) groups excluding carboxylic acids is 2. The zero-order chi connectivity index (χ0) is 30.3. The van der Waals surface area contributed by atoms with E-state index >= 15 is 0 Å². The second kappa shape index (κ2) is 14.4. The first-order valence-electron chi connectivity index (χ1n) is 13.1. The van der Waals surface area contributed by atoms with Crippen LogP contribution in [0.2, 0.25) is 15.1 Å². The van der Waals surface area contributed by atoms with Gasteiger partial charge in [-0.3, -0.25) is 13.9 Å². The van der Waals surface area contributed by atoms with Crippen molar-refractivity contribution >= 4 is 62.3 Å². The van der Waals surface area contributed by atoms with E-state index in [-0.39, 0.29) is 30.6 Å². The van der Waals surface area contributed by atoms with Gasteiger partial charge in [0.05, 0.1) is 22.0 Å². The molecule has 2 amide bonds. The number of carbonyl (C=O) groups is 2. The highest BCUT2D eigenvalue weighted by atomic mass is 35.5. The lowest BCUT2D eigenvalue weighted by molar-refractivity contribution is -0.140. The van der Waals surface area contributed by atoms with Gasteiger partial charge in [-0.1, -0.05) is 84.2 Å². The van der Waals surface area contributed by atoms with E-state index in [9.17, 15) is 18.0 Å². The van der Waals surface area contributed by atoms with Crippen LogP contribution in [0.4, 0.5) is 5.69 Å². The van der Waals surface area contributed by atoms with E-state index in [0.29, 0.717) is 32.6 Å².